The van der Waals surface area contributed by atoms with Crippen LogP contribution in [0.25, 0.3) is 0 Å². The van der Waals surface area contributed by atoms with Gasteiger partial charge in [-0.3, -0.25) is 19.7 Å². The molecule has 0 aliphatic heterocycles. The van der Waals surface area contributed by atoms with Crippen LogP contribution < -0.4 is 10.2 Å². The minimum atomic E-state index is -0.585. The van der Waals surface area contributed by atoms with Gasteiger partial charge in [0.25, 0.3) is 5.69 Å². The van der Waals surface area contributed by atoms with Crippen LogP contribution in [0.4, 0.5) is 11.4 Å². The van der Waals surface area contributed by atoms with Crippen LogP contribution in [0.3, 0.4) is 0 Å². The molecule has 8 heteroatoms. The molecule has 0 bridgehead atoms. The molecule has 0 saturated heterocycles. The van der Waals surface area contributed by atoms with E-state index >= 15 is 0 Å². The summed E-state index contributed by atoms with van der Waals surface area (Å²) < 4.78 is 0. The van der Waals surface area contributed by atoms with Gasteiger partial charge in [-0.2, -0.15) is 5.26 Å². The van der Waals surface area contributed by atoms with Crippen LogP contribution in [0.5, 0.6) is 0 Å². The summed E-state index contributed by atoms with van der Waals surface area (Å²) in [5, 5.41) is 22.8. The molecule has 1 N–H and O–H groups in total. The number of carbonyl (C=O) groups is 2. The highest BCUT2D eigenvalue weighted by Gasteiger charge is 2.23. The molecule has 2 aromatic rings. The van der Waals surface area contributed by atoms with Crippen molar-refractivity contribution in [2.75, 3.05) is 18.5 Å². The molecule has 1 atom stereocenters. The number of ketones is 1. The van der Waals surface area contributed by atoms with E-state index in [1.54, 1.807) is 37.3 Å². The molecule has 2 aromatic carbocycles. The fraction of sp³-hybridized carbons (Fsp3) is 0.250. The minimum Gasteiger partial charge on any atom is -0.314 e. The second-order valence-electron chi connectivity index (χ2n) is 6.25. The quantitative estimate of drug-likeness (QED) is 0.427. The van der Waals surface area contributed by atoms with Gasteiger partial charge in [0.1, 0.15) is 0 Å². The van der Waals surface area contributed by atoms with Gasteiger partial charge in [-0.25, -0.2) is 0 Å². The fourth-order valence-corrected chi connectivity index (χ4v) is 2.58. The zero-order chi connectivity index (χ0) is 20.7. The van der Waals surface area contributed by atoms with E-state index in [4.69, 9.17) is 5.26 Å². The van der Waals surface area contributed by atoms with E-state index in [9.17, 15) is 19.7 Å². The molecule has 1 unspecified atom stereocenters. The van der Waals surface area contributed by atoms with Crippen molar-refractivity contribution in [3.8, 4) is 6.07 Å². The molecule has 28 heavy (non-hydrogen) atoms. The fourth-order valence-electron chi connectivity index (χ4n) is 2.58. The van der Waals surface area contributed by atoms with E-state index in [-0.39, 0.29) is 41.9 Å². The Kier molecular flexibility index (Phi) is 6.96. The number of nitro groups is 1. The van der Waals surface area contributed by atoms with Crippen LogP contribution in [0.2, 0.25) is 0 Å². The highest BCUT2D eigenvalue weighted by molar-refractivity contribution is 6.14. The van der Waals surface area contributed by atoms with Gasteiger partial charge in [-0.15, -0.1) is 0 Å². The second-order valence-corrected chi connectivity index (χ2v) is 6.25. The maximum Gasteiger partial charge on any atom is 0.270 e. The van der Waals surface area contributed by atoms with Crippen LogP contribution >= 0.6 is 0 Å². The molecule has 0 aliphatic rings. The molecule has 0 fully saturated rings. The predicted molar refractivity (Wildman–Crippen MR) is 104 cm³/mol. The van der Waals surface area contributed by atoms with Crippen LogP contribution in [-0.2, 0) is 4.79 Å². The molecule has 0 aromatic heterocycles. The molecule has 0 radical (unpaired) electrons. The Morgan fingerprint density at radius 3 is 2.54 bits per heavy atom. The largest absolute Gasteiger partial charge is 0.314 e. The average Bonchev–Trinajstić information content (AvgIpc) is 2.71. The predicted octanol–water partition coefficient (Wildman–Crippen LogP) is 2.68. The van der Waals surface area contributed by atoms with Crippen LogP contribution in [-0.4, -0.2) is 36.2 Å². The molecule has 0 spiro atoms. The van der Waals surface area contributed by atoms with Gasteiger partial charge >= 0.3 is 0 Å². The summed E-state index contributed by atoms with van der Waals surface area (Å²) in [6.07, 6.45) is 0.256. The van der Waals surface area contributed by atoms with E-state index < -0.39 is 10.7 Å². The molecule has 144 valence electrons. The normalized spacial score (nSPS) is 11.3. The molecular formula is C20H20N4O4. The van der Waals surface area contributed by atoms with Crippen molar-refractivity contribution in [1.29, 1.82) is 5.26 Å². The Morgan fingerprint density at radius 2 is 1.93 bits per heavy atom. The standard InChI is InChI=1S/C20H20N4O4/c1-14(10-11-21)22-13-19(25)23(2)18-9-8-16(24(27)28)12-17(18)20(26)15-6-4-3-5-7-15/h3-9,12,14,22H,10,13H2,1-2H3. The van der Waals surface area contributed by atoms with Crippen molar-refractivity contribution in [3.63, 3.8) is 0 Å². The number of likely N-dealkylation sites (N-methyl/N-ethyl adjacent to an activating group) is 1. The molecule has 2 rings (SSSR count). The number of nitriles is 1. The first-order valence-electron chi connectivity index (χ1n) is 8.60. The van der Waals surface area contributed by atoms with Gasteiger partial charge in [0.05, 0.1) is 35.2 Å². The van der Waals surface area contributed by atoms with Crippen molar-refractivity contribution >= 4 is 23.1 Å². The Balaban J connectivity index is 2.35. The van der Waals surface area contributed by atoms with Crippen LogP contribution in [0, 0.1) is 21.4 Å². The number of anilines is 1. The van der Waals surface area contributed by atoms with E-state index in [2.05, 4.69) is 5.32 Å². The second kappa shape index (κ2) is 9.39. The number of nitrogens with one attached hydrogen (secondary N) is 1. The van der Waals surface area contributed by atoms with Gasteiger partial charge in [-0.1, -0.05) is 30.3 Å². The monoisotopic (exact) mass is 380 g/mol. The molecule has 0 saturated carbocycles. The van der Waals surface area contributed by atoms with E-state index in [0.29, 0.717) is 5.56 Å². The Bertz CT molecular complexity index is 922. The Hall–Kier alpha value is -3.57. The average molecular weight is 380 g/mol. The summed E-state index contributed by atoms with van der Waals surface area (Å²) in [6, 6.07) is 14.0. The molecular weight excluding hydrogens is 360 g/mol. The third kappa shape index (κ3) is 4.99. The lowest BCUT2D eigenvalue weighted by molar-refractivity contribution is -0.384. The van der Waals surface area contributed by atoms with Crippen LogP contribution in [0.1, 0.15) is 29.3 Å². The number of amides is 1. The van der Waals surface area contributed by atoms with Gasteiger partial charge in [0, 0.05) is 30.8 Å². The number of nitro benzene ring substituents is 1. The van der Waals surface area contributed by atoms with Crippen molar-refractivity contribution < 1.29 is 14.5 Å². The van der Waals surface area contributed by atoms with E-state index in [1.807, 2.05) is 6.07 Å². The SMILES string of the molecule is CC(CC#N)NCC(=O)N(C)c1ccc([N+](=O)[O-])cc1C(=O)c1ccccc1. The van der Waals surface area contributed by atoms with E-state index in [1.165, 1.54) is 30.1 Å². The van der Waals surface area contributed by atoms with Gasteiger partial charge in [0.2, 0.25) is 5.91 Å². The summed E-state index contributed by atoms with van der Waals surface area (Å²) >= 11 is 0. The number of non-ortho nitro benzene ring substituents is 1. The van der Waals surface area contributed by atoms with Gasteiger partial charge in [0.15, 0.2) is 5.78 Å². The highest BCUT2D eigenvalue weighted by atomic mass is 16.6. The highest BCUT2D eigenvalue weighted by Crippen LogP contribution is 2.27. The smallest absolute Gasteiger partial charge is 0.270 e. The van der Waals surface area contributed by atoms with E-state index in [0.717, 1.165) is 0 Å². The summed E-state index contributed by atoms with van der Waals surface area (Å²) in [6.45, 7) is 1.75. The van der Waals surface area contributed by atoms with Crippen molar-refractivity contribution in [3.05, 3.63) is 69.8 Å². The first-order chi connectivity index (χ1) is 13.3. The number of nitrogens with zero attached hydrogens (tertiary/aromatic N) is 3. The number of rotatable bonds is 8. The summed E-state index contributed by atoms with van der Waals surface area (Å²) in [5.41, 5.74) is 0.482. The maximum atomic E-state index is 12.9. The van der Waals surface area contributed by atoms with Crippen molar-refractivity contribution in [2.45, 2.75) is 19.4 Å². The van der Waals surface area contributed by atoms with Crippen molar-refractivity contribution in [2.24, 2.45) is 0 Å². The molecule has 0 aliphatic carbocycles. The third-order valence-corrected chi connectivity index (χ3v) is 4.21. The first-order valence-corrected chi connectivity index (χ1v) is 8.60. The van der Waals surface area contributed by atoms with Crippen molar-refractivity contribution in [1.82, 2.24) is 5.32 Å². The first kappa shape index (κ1) is 20.7. The minimum absolute atomic E-state index is 0.0324. The molecule has 8 nitrogen and oxygen atoms in total. The Morgan fingerprint density at radius 1 is 1.25 bits per heavy atom. The van der Waals surface area contributed by atoms with Gasteiger partial charge in [-0.05, 0) is 13.0 Å². The third-order valence-electron chi connectivity index (χ3n) is 4.21. The summed E-state index contributed by atoms with van der Waals surface area (Å²) in [4.78, 5) is 37.3. The topological polar surface area (TPSA) is 116 Å². The lowest BCUT2D eigenvalue weighted by Crippen LogP contribution is -2.39. The molecule has 0 heterocycles. The lowest BCUT2D eigenvalue weighted by atomic mass is 10.0. The zero-order valence-corrected chi connectivity index (χ0v) is 15.6. The Labute approximate surface area is 162 Å². The summed E-state index contributed by atoms with van der Waals surface area (Å²) in [5.74, 6) is -0.745. The number of hydrogen-bond acceptors (Lipinski definition) is 6. The molecule has 1 amide bonds. The summed E-state index contributed by atoms with van der Waals surface area (Å²) in [7, 11) is 1.50. The zero-order valence-electron chi connectivity index (χ0n) is 15.6. The van der Waals surface area contributed by atoms with Gasteiger partial charge < -0.3 is 10.2 Å². The number of carbonyl (C=O) groups excluding carboxylic acids is 2. The van der Waals surface area contributed by atoms with Crippen LogP contribution in [0.15, 0.2) is 48.5 Å². The lowest BCUT2D eigenvalue weighted by Gasteiger charge is -2.21. The number of benzene rings is 2. The number of hydrogen-bond donors (Lipinski definition) is 1. The maximum absolute atomic E-state index is 12.9.